The zero-order valence-corrected chi connectivity index (χ0v) is 16.8. The number of anilines is 1. The fraction of sp³-hybridized carbons (Fsp3) is 0.150. The second-order valence-corrected chi connectivity index (χ2v) is 6.48. The Morgan fingerprint density at radius 2 is 1.87 bits per heavy atom. The van der Waals surface area contributed by atoms with Gasteiger partial charge in [-0.1, -0.05) is 18.2 Å². The zero-order chi connectivity index (χ0) is 22.4. The first-order valence-corrected chi connectivity index (χ1v) is 9.18. The molecule has 0 fully saturated rings. The lowest BCUT2D eigenvalue weighted by Gasteiger charge is -2.13. The van der Waals surface area contributed by atoms with E-state index in [0.29, 0.717) is 5.75 Å². The standard InChI is InChI=1S/C20H16ClF3N4O3/c1-30-14-7-5-12(6-8-14)10-26-19(29)27-16-11-25-18(21)28-17(16)31-15-4-2-3-13(9-15)20(22,23)24/h2-9,11H,10H2,1H3,(H2,26,27,29). The van der Waals surface area contributed by atoms with Gasteiger partial charge >= 0.3 is 12.2 Å². The fourth-order valence-electron chi connectivity index (χ4n) is 2.45. The number of carbonyl (C=O) groups is 1. The summed E-state index contributed by atoms with van der Waals surface area (Å²) in [5, 5.41) is 4.92. The lowest BCUT2D eigenvalue weighted by Crippen LogP contribution is -2.28. The van der Waals surface area contributed by atoms with Crippen molar-refractivity contribution >= 4 is 23.3 Å². The summed E-state index contributed by atoms with van der Waals surface area (Å²) in [5.41, 5.74) is -0.0466. The number of ether oxygens (including phenoxy) is 2. The van der Waals surface area contributed by atoms with Crippen LogP contribution in [0.1, 0.15) is 11.1 Å². The van der Waals surface area contributed by atoms with Gasteiger partial charge in [0.1, 0.15) is 17.2 Å². The van der Waals surface area contributed by atoms with Gasteiger partial charge in [-0.2, -0.15) is 18.2 Å². The van der Waals surface area contributed by atoms with Crippen molar-refractivity contribution in [2.24, 2.45) is 0 Å². The van der Waals surface area contributed by atoms with E-state index < -0.39 is 17.8 Å². The molecule has 0 bridgehead atoms. The molecule has 11 heteroatoms. The van der Waals surface area contributed by atoms with Crippen molar-refractivity contribution in [3.8, 4) is 17.4 Å². The third kappa shape index (κ3) is 6.22. The Kier molecular flexibility index (Phi) is 6.81. The number of halogens is 4. The summed E-state index contributed by atoms with van der Waals surface area (Å²) in [5.74, 6) is 0.341. The number of benzene rings is 2. The van der Waals surface area contributed by atoms with Crippen molar-refractivity contribution in [3.63, 3.8) is 0 Å². The number of alkyl halides is 3. The Labute approximate surface area is 180 Å². The minimum atomic E-state index is -4.54. The van der Waals surface area contributed by atoms with Crippen LogP contribution in [-0.4, -0.2) is 23.1 Å². The van der Waals surface area contributed by atoms with E-state index in [4.69, 9.17) is 21.1 Å². The summed E-state index contributed by atoms with van der Waals surface area (Å²) in [6.07, 6.45) is -3.35. The van der Waals surface area contributed by atoms with Crippen LogP contribution in [0.15, 0.2) is 54.7 Å². The van der Waals surface area contributed by atoms with Crippen molar-refractivity contribution in [3.05, 3.63) is 71.1 Å². The van der Waals surface area contributed by atoms with E-state index in [1.165, 1.54) is 18.3 Å². The smallest absolute Gasteiger partial charge is 0.416 e. The molecule has 3 aromatic rings. The summed E-state index contributed by atoms with van der Waals surface area (Å²) < 4.78 is 49.2. The second-order valence-electron chi connectivity index (χ2n) is 6.14. The number of nitrogens with one attached hydrogen (secondary N) is 2. The van der Waals surface area contributed by atoms with Gasteiger partial charge in [-0.05, 0) is 47.5 Å². The minimum absolute atomic E-state index is 0.0223. The van der Waals surface area contributed by atoms with Gasteiger partial charge in [-0.15, -0.1) is 0 Å². The van der Waals surface area contributed by atoms with E-state index in [2.05, 4.69) is 20.6 Å². The van der Waals surface area contributed by atoms with E-state index in [9.17, 15) is 18.0 Å². The minimum Gasteiger partial charge on any atom is -0.497 e. The molecular formula is C20H16ClF3N4O3. The normalized spacial score (nSPS) is 11.0. The molecule has 2 aromatic carbocycles. The van der Waals surface area contributed by atoms with Crippen molar-refractivity contribution in [1.29, 1.82) is 0 Å². The van der Waals surface area contributed by atoms with Crippen molar-refractivity contribution < 1.29 is 27.4 Å². The Hall–Kier alpha value is -3.53. The predicted molar refractivity (Wildman–Crippen MR) is 107 cm³/mol. The summed E-state index contributed by atoms with van der Waals surface area (Å²) in [7, 11) is 1.55. The third-order valence-electron chi connectivity index (χ3n) is 3.96. The van der Waals surface area contributed by atoms with Gasteiger partial charge in [0, 0.05) is 6.54 Å². The molecule has 0 saturated carbocycles. The van der Waals surface area contributed by atoms with Gasteiger partial charge < -0.3 is 20.1 Å². The SMILES string of the molecule is COc1ccc(CNC(=O)Nc2cnc(Cl)nc2Oc2cccc(C(F)(F)F)c2)cc1. The number of aromatic nitrogens is 2. The highest BCUT2D eigenvalue weighted by Gasteiger charge is 2.30. The largest absolute Gasteiger partial charge is 0.497 e. The highest BCUT2D eigenvalue weighted by Crippen LogP contribution is 2.34. The van der Waals surface area contributed by atoms with E-state index >= 15 is 0 Å². The number of amides is 2. The summed E-state index contributed by atoms with van der Waals surface area (Å²) >= 11 is 5.77. The van der Waals surface area contributed by atoms with Crippen LogP contribution < -0.4 is 20.1 Å². The Balaban J connectivity index is 1.70. The van der Waals surface area contributed by atoms with E-state index in [-0.39, 0.29) is 29.1 Å². The first kappa shape index (κ1) is 22.2. The maximum Gasteiger partial charge on any atom is 0.416 e. The molecule has 2 amide bonds. The molecule has 0 saturated heterocycles. The molecule has 1 heterocycles. The topological polar surface area (TPSA) is 85.4 Å². The zero-order valence-electron chi connectivity index (χ0n) is 16.0. The summed E-state index contributed by atoms with van der Waals surface area (Å²) in [6.45, 7) is 0.216. The molecule has 0 radical (unpaired) electrons. The number of nitrogens with zero attached hydrogens (tertiary/aromatic N) is 2. The lowest BCUT2D eigenvalue weighted by molar-refractivity contribution is -0.137. The van der Waals surface area contributed by atoms with Crippen LogP contribution in [0.4, 0.5) is 23.7 Å². The monoisotopic (exact) mass is 452 g/mol. The van der Waals surface area contributed by atoms with Crippen molar-refractivity contribution in [2.75, 3.05) is 12.4 Å². The van der Waals surface area contributed by atoms with Crippen LogP contribution in [0.2, 0.25) is 5.28 Å². The van der Waals surface area contributed by atoms with Crippen LogP contribution in [0.3, 0.4) is 0 Å². The van der Waals surface area contributed by atoms with E-state index in [1.54, 1.807) is 31.4 Å². The molecule has 1 aromatic heterocycles. The van der Waals surface area contributed by atoms with Gasteiger partial charge in [-0.25, -0.2) is 9.78 Å². The molecule has 0 atom stereocenters. The van der Waals surface area contributed by atoms with Crippen LogP contribution in [0, 0.1) is 0 Å². The van der Waals surface area contributed by atoms with Crippen LogP contribution in [-0.2, 0) is 12.7 Å². The van der Waals surface area contributed by atoms with Crippen molar-refractivity contribution in [2.45, 2.75) is 12.7 Å². The average molecular weight is 453 g/mol. The maximum absolute atomic E-state index is 12.9. The number of hydrogen-bond acceptors (Lipinski definition) is 5. The van der Waals surface area contributed by atoms with Crippen molar-refractivity contribution in [1.82, 2.24) is 15.3 Å². The van der Waals surface area contributed by atoms with Gasteiger partial charge in [0.15, 0.2) is 0 Å². The molecule has 0 aliphatic heterocycles. The Bertz CT molecular complexity index is 1060. The van der Waals surface area contributed by atoms with Gasteiger partial charge in [0.25, 0.3) is 0 Å². The van der Waals surface area contributed by atoms with Gasteiger partial charge in [0.05, 0.1) is 18.9 Å². The molecule has 2 N–H and O–H groups in total. The molecule has 0 spiro atoms. The molecule has 7 nitrogen and oxygen atoms in total. The van der Waals surface area contributed by atoms with Crippen LogP contribution in [0.25, 0.3) is 0 Å². The second kappa shape index (κ2) is 9.52. The molecule has 3 rings (SSSR count). The van der Waals surface area contributed by atoms with E-state index in [1.807, 2.05) is 0 Å². The van der Waals surface area contributed by atoms with E-state index in [0.717, 1.165) is 17.7 Å². The first-order valence-electron chi connectivity index (χ1n) is 8.80. The van der Waals surface area contributed by atoms with Gasteiger partial charge in [-0.3, -0.25) is 0 Å². The van der Waals surface area contributed by atoms with Crippen LogP contribution in [0.5, 0.6) is 17.4 Å². The van der Waals surface area contributed by atoms with Gasteiger partial charge in [0.2, 0.25) is 11.2 Å². The number of urea groups is 1. The highest BCUT2D eigenvalue weighted by molar-refractivity contribution is 6.28. The third-order valence-corrected chi connectivity index (χ3v) is 4.14. The maximum atomic E-state index is 12.9. The Morgan fingerprint density at radius 3 is 2.55 bits per heavy atom. The predicted octanol–water partition coefficient (Wildman–Crippen LogP) is 5.27. The number of carbonyl (C=O) groups excluding carboxylic acids is 1. The lowest BCUT2D eigenvalue weighted by atomic mass is 10.2. The number of methoxy groups -OCH3 is 1. The Morgan fingerprint density at radius 1 is 1.13 bits per heavy atom. The number of hydrogen-bond donors (Lipinski definition) is 2. The average Bonchev–Trinajstić information content (AvgIpc) is 2.74. The number of rotatable bonds is 6. The first-order chi connectivity index (χ1) is 14.7. The summed E-state index contributed by atoms with van der Waals surface area (Å²) in [6, 6.07) is 10.7. The molecular weight excluding hydrogens is 437 g/mol. The molecule has 31 heavy (non-hydrogen) atoms. The fourth-order valence-corrected chi connectivity index (χ4v) is 2.57. The highest BCUT2D eigenvalue weighted by atomic mass is 35.5. The summed E-state index contributed by atoms with van der Waals surface area (Å²) in [4.78, 5) is 19.9. The quantitative estimate of drug-likeness (QED) is 0.497. The molecule has 162 valence electrons. The molecule has 0 aliphatic rings. The van der Waals surface area contributed by atoms with Crippen LogP contribution >= 0.6 is 11.6 Å². The molecule has 0 aliphatic carbocycles. The molecule has 0 unspecified atom stereocenters.